The first kappa shape index (κ1) is 16.5. The molecule has 1 aliphatic heterocycles. The largest absolute Gasteiger partial charge is 0.355 e. The monoisotopic (exact) mass is 375 g/mol. The summed E-state index contributed by atoms with van der Waals surface area (Å²) in [5.74, 6) is 1.56. The van der Waals surface area contributed by atoms with Gasteiger partial charge in [0.1, 0.15) is 11.6 Å². The number of anilines is 1. The summed E-state index contributed by atoms with van der Waals surface area (Å²) >= 11 is 6.37. The predicted octanol–water partition coefficient (Wildman–Crippen LogP) is 2.74. The average molecular weight is 376 g/mol. The molecule has 4 rings (SSSR count). The van der Waals surface area contributed by atoms with E-state index in [4.69, 9.17) is 11.6 Å². The van der Waals surface area contributed by atoms with Crippen LogP contribution in [0.25, 0.3) is 22.4 Å². The SMILES string of the molecule is CNS(=O)C1CCN(c2cc(-c3nc4ccccc4[nH]3)c(Cl)cn2)C1. The first-order chi connectivity index (χ1) is 12.2. The smallest absolute Gasteiger partial charge is 0.140 e. The summed E-state index contributed by atoms with van der Waals surface area (Å²) in [4.78, 5) is 14.5. The fourth-order valence-electron chi connectivity index (χ4n) is 3.14. The Kier molecular flexibility index (Phi) is 4.45. The number of benzene rings is 1. The van der Waals surface area contributed by atoms with Gasteiger partial charge in [-0.15, -0.1) is 0 Å². The van der Waals surface area contributed by atoms with Gasteiger partial charge in [0.25, 0.3) is 0 Å². The van der Waals surface area contributed by atoms with Crippen LogP contribution in [0.3, 0.4) is 0 Å². The first-order valence-corrected chi connectivity index (χ1v) is 9.68. The van der Waals surface area contributed by atoms with Crippen molar-refractivity contribution in [2.45, 2.75) is 11.7 Å². The van der Waals surface area contributed by atoms with Gasteiger partial charge in [-0.3, -0.25) is 0 Å². The number of hydrogen-bond donors (Lipinski definition) is 2. The maximum absolute atomic E-state index is 11.9. The van der Waals surface area contributed by atoms with E-state index >= 15 is 0 Å². The van der Waals surface area contributed by atoms with Gasteiger partial charge in [0.15, 0.2) is 0 Å². The molecule has 8 heteroatoms. The molecule has 2 unspecified atom stereocenters. The molecule has 0 spiro atoms. The third kappa shape index (κ3) is 3.15. The van der Waals surface area contributed by atoms with Gasteiger partial charge in [-0.1, -0.05) is 23.7 Å². The lowest BCUT2D eigenvalue weighted by atomic mass is 10.2. The lowest BCUT2D eigenvalue weighted by Gasteiger charge is -2.18. The normalized spacial score (nSPS) is 18.8. The highest BCUT2D eigenvalue weighted by Crippen LogP contribution is 2.31. The molecule has 0 radical (unpaired) electrons. The number of rotatable bonds is 4. The van der Waals surface area contributed by atoms with Crippen molar-refractivity contribution in [2.24, 2.45) is 0 Å². The van der Waals surface area contributed by atoms with Gasteiger partial charge < -0.3 is 9.88 Å². The lowest BCUT2D eigenvalue weighted by molar-refractivity contribution is 0.667. The first-order valence-electron chi connectivity index (χ1n) is 8.09. The third-order valence-electron chi connectivity index (χ3n) is 4.46. The molecule has 2 aromatic heterocycles. The molecule has 130 valence electrons. The molecule has 0 aliphatic carbocycles. The second-order valence-corrected chi connectivity index (χ2v) is 8.06. The van der Waals surface area contributed by atoms with Crippen molar-refractivity contribution in [2.75, 3.05) is 25.0 Å². The number of hydrogen-bond acceptors (Lipinski definition) is 4. The molecular formula is C17H18ClN5OS. The Hall–Kier alpha value is -1.96. The summed E-state index contributed by atoms with van der Waals surface area (Å²) in [6.45, 7) is 1.54. The van der Waals surface area contributed by atoms with E-state index in [1.165, 1.54) is 0 Å². The molecule has 2 N–H and O–H groups in total. The summed E-state index contributed by atoms with van der Waals surface area (Å²) in [6.07, 6.45) is 2.53. The van der Waals surface area contributed by atoms with Crippen molar-refractivity contribution in [1.82, 2.24) is 19.7 Å². The van der Waals surface area contributed by atoms with Gasteiger partial charge >= 0.3 is 0 Å². The molecule has 0 saturated carbocycles. The highest BCUT2D eigenvalue weighted by Gasteiger charge is 2.28. The van der Waals surface area contributed by atoms with E-state index in [9.17, 15) is 4.21 Å². The van der Waals surface area contributed by atoms with E-state index in [1.54, 1.807) is 13.2 Å². The molecule has 3 aromatic rings. The van der Waals surface area contributed by atoms with E-state index in [-0.39, 0.29) is 5.25 Å². The molecule has 25 heavy (non-hydrogen) atoms. The summed E-state index contributed by atoms with van der Waals surface area (Å²) in [7, 11) is 0.704. The van der Waals surface area contributed by atoms with E-state index in [0.717, 1.165) is 41.2 Å². The molecule has 1 fully saturated rings. The van der Waals surface area contributed by atoms with Gasteiger partial charge in [0, 0.05) is 24.8 Å². The molecule has 1 aromatic carbocycles. The molecule has 1 aliphatic rings. The Morgan fingerprint density at radius 2 is 2.24 bits per heavy atom. The molecule has 0 bridgehead atoms. The second kappa shape index (κ2) is 6.74. The van der Waals surface area contributed by atoms with Crippen molar-refractivity contribution in [3.05, 3.63) is 41.6 Å². The summed E-state index contributed by atoms with van der Waals surface area (Å²) in [6, 6.07) is 9.82. The third-order valence-corrected chi connectivity index (χ3v) is 6.15. The number of nitrogens with zero attached hydrogens (tertiary/aromatic N) is 3. The second-order valence-electron chi connectivity index (χ2n) is 5.98. The van der Waals surface area contributed by atoms with E-state index < -0.39 is 11.0 Å². The zero-order chi connectivity index (χ0) is 17.4. The number of para-hydroxylation sites is 2. The summed E-state index contributed by atoms with van der Waals surface area (Å²) in [5.41, 5.74) is 2.69. The van der Waals surface area contributed by atoms with Crippen LogP contribution in [0.5, 0.6) is 0 Å². The minimum Gasteiger partial charge on any atom is -0.355 e. The van der Waals surface area contributed by atoms with Crippen molar-refractivity contribution < 1.29 is 4.21 Å². The van der Waals surface area contributed by atoms with Crippen LogP contribution in [-0.4, -0.2) is 44.5 Å². The summed E-state index contributed by atoms with van der Waals surface area (Å²) < 4.78 is 14.8. The van der Waals surface area contributed by atoms with Crippen LogP contribution in [0.4, 0.5) is 5.82 Å². The fraction of sp³-hybridized carbons (Fsp3) is 0.294. The highest BCUT2D eigenvalue weighted by molar-refractivity contribution is 7.83. The predicted molar refractivity (Wildman–Crippen MR) is 102 cm³/mol. The molecular weight excluding hydrogens is 358 g/mol. The van der Waals surface area contributed by atoms with Gasteiger partial charge in [-0.2, -0.15) is 0 Å². The average Bonchev–Trinajstić information content (AvgIpc) is 3.28. The maximum atomic E-state index is 11.9. The van der Waals surface area contributed by atoms with Crippen LogP contribution in [0, 0.1) is 0 Å². The number of aromatic amines is 1. The van der Waals surface area contributed by atoms with Crippen molar-refractivity contribution in [3.8, 4) is 11.4 Å². The van der Waals surface area contributed by atoms with Crippen molar-refractivity contribution >= 4 is 39.4 Å². The Morgan fingerprint density at radius 1 is 1.40 bits per heavy atom. The van der Waals surface area contributed by atoms with Crippen LogP contribution in [0.1, 0.15) is 6.42 Å². The number of nitrogens with one attached hydrogen (secondary N) is 2. The maximum Gasteiger partial charge on any atom is 0.140 e. The van der Waals surface area contributed by atoms with Crippen molar-refractivity contribution in [1.29, 1.82) is 0 Å². The van der Waals surface area contributed by atoms with Crippen LogP contribution in [-0.2, 0) is 11.0 Å². The van der Waals surface area contributed by atoms with Crippen LogP contribution in [0.2, 0.25) is 5.02 Å². The number of pyridine rings is 1. The Morgan fingerprint density at radius 3 is 3.04 bits per heavy atom. The van der Waals surface area contributed by atoms with Gasteiger partial charge in [0.05, 0.1) is 32.3 Å². The zero-order valence-corrected chi connectivity index (χ0v) is 15.3. The number of H-pyrrole nitrogens is 1. The Balaban J connectivity index is 1.66. The quantitative estimate of drug-likeness (QED) is 0.735. The Bertz CT molecular complexity index is 911. The summed E-state index contributed by atoms with van der Waals surface area (Å²) in [5, 5.41) is 0.662. The van der Waals surface area contributed by atoms with E-state index in [0.29, 0.717) is 11.6 Å². The minimum absolute atomic E-state index is 0.108. The lowest BCUT2D eigenvalue weighted by Crippen LogP contribution is -2.29. The number of imidazole rings is 1. The highest BCUT2D eigenvalue weighted by atomic mass is 35.5. The fourth-order valence-corrected chi connectivity index (χ4v) is 4.30. The molecule has 0 amide bonds. The zero-order valence-electron chi connectivity index (χ0n) is 13.7. The molecule has 1 saturated heterocycles. The minimum atomic E-state index is -1.02. The van der Waals surface area contributed by atoms with Crippen LogP contribution >= 0.6 is 11.6 Å². The van der Waals surface area contributed by atoms with Gasteiger partial charge in [-0.05, 0) is 31.7 Å². The number of fused-ring (bicyclic) bond motifs is 1. The van der Waals surface area contributed by atoms with E-state index in [2.05, 4.69) is 24.6 Å². The molecule has 2 atom stereocenters. The van der Waals surface area contributed by atoms with Gasteiger partial charge in [-0.25, -0.2) is 18.9 Å². The van der Waals surface area contributed by atoms with Crippen LogP contribution in [0.15, 0.2) is 36.5 Å². The standard InChI is InChI=1S/C17H18ClN5OS/c1-19-25(24)11-6-7-23(10-11)16-8-12(13(18)9-20-16)17-21-14-4-2-3-5-15(14)22-17/h2-5,8-9,11,19H,6-7,10H2,1H3,(H,21,22). The van der Waals surface area contributed by atoms with Gasteiger partial charge in [0.2, 0.25) is 0 Å². The van der Waals surface area contributed by atoms with Crippen LogP contribution < -0.4 is 9.62 Å². The number of aromatic nitrogens is 3. The molecule has 3 heterocycles. The van der Waals surface area contributed by atoms with E-state index in [1.807, 2.05) is 30.3 Å². The molecule has 6 nitrogen and oxygen atoms in total. The van der Waals surface area contributed by atoms with Crippen molar-refractivity contribution in [3.63, 3.8) is 0 Å². The topological polar surface area (TPSA) is 73.9 Å². The Labute approximate surface area is 153 Å². The number of halogens is 1.